The average Bonchev–Trinajstić information content (AvgIpc) is 2.99. The van der Waals surface area contributed by atoms with Crippen molar-refractivity contribution in [3.63, 3.8) is 0 Å². The van der Waals surface area contributed by atoms with Crippen LogP contribution in [0.2, 0.25) is 0 Å². The van der Waals surface area contributed by atoms with E-state index in [-0.39, 0.29) is 24.6 Å². The lowest BCUT2D eigenvalue weighted by Gasteiger charge is -2.38. The summed E-state index contributed by atoms with van der Waals surface area (Å²) in [7, 11) is 0. The molecule has 0 saturated heterocycles. The third-order valence-corrected chi connectivity index (χ3v) is 9.05. The van der Waals surface area contributed by atoms with Gasteiger partial charge < -0.3 is 14.7 Å². The number of ether oxygens (including phenoxy) is 1. The first-order chi connectivity index (χ1) is 19.7. The molecule has 4 rings (SSSR count). The Labute approximate surface area is 245 Å². The predicted octanol–water partition coefficient (Wildman–Crippen LogP) is 3.54. The van der Waals surface area contributed by atoms with E-state index < -0.39 is 6.23 Å². The molecule has 8 heteroatoms. The Morgan fingerprint density at radius 2 is 1.73 bits per heavy atom. The highest BCUT2D eigenvalue weighted by Gasteiger charge is 2.32. The minimum absolute atomic E-state index is 0.0166. The zero-order valence-corrected chi connectivity index (χ0v) is 25.0. The summed E-state index contributed by atoms with van der Waals surface area (Å²) in [6.45, 7) is 7.56. The third kappa shape index (κ3) is 8.46. The van der Waals surface area contributed by atoms with Gasteiger partial charge in [-0.05, 0) is 84.7 Å². The molecule has 2 fully saturated rings. The largest absolute Gasteiger partial charge is 0.373 e. The van der Waals surface area contributed by atoms with E-state index in [9.17, 15) is 9.90 Å². The Bertz CT molecular complexity index is 1130. The number of aliphatic hydroxyl groups is 1. The molecule has 2 aromatic carbocycles. The monoisotopic (exact) mass is 564 g/mol. The molecule has 2 aliphatic carbocycles. The van der Waals surface area contributed by atoms with Crippen molar-refractivity contribution < 1.29 is 19.7 Å². The van der Waals surface area contributed by atoms with Gasteiger partial charge in [0.2, 0.25) is 0 Å². The number of carbonyl (C=O) groups excluding carboxylic acids is 1. The van der Waals surface area contributed by atoms with Gasteiger partial charge in [0.15, 0.2) is 6.23 Å². The predicted molar refractivity (Wildman–Crippen MR) is 164 cm³/mol. The number of nitrogens with zero attached hydrogens (tertiary/aromatic N) is 1. The quantitative estimate of drug-likeness (QED) is 0.0988. The summed E-state index contributed by atoms with van der Waals surface area (Å²) < 4.78 is 6.47. The normalized spacial score (nSPS) is 22.9. The Morgan fingerprint density at radius 1 is 1.05 bits per heavy atom. The molecule has 224 valence electrons. The number of rotatable bonds is 10. The van der Waals surface area contributed by atoms with Crippen LogP contribution in [0.1, 0.15) is 99.5 Å². The second-order valence-electron chi connectivity index (χ2n) is 12.4. The van der Waals surface area contributed by atoms with E-state index in [0.29, 0.717) is 35.8 Å². The number of nitrogens with two attached hydrogens (primary N) is 2. The molecule has 0 aliphatic heterocycles. The summed E-state index contributed by atoms with van der Waals surface area (Å²) >= 11 is 0. The standard InChI is InChI=1S/C33H49N5O3/c1-22(2)29-18-9-23(3)19-30(29)41-21-31(39)38(28-16-14-26(15-17-28)25-7-5-4-6-8-25)20-24-10-12-27(13-11-24)32(40)36-33(34)37-35/h10-17,22-23,25,29-31,39H,4-9,18-21,35H2,1-3H3,(H3,34,36,37,40)/p+1/t23-,29+,30-,31?/m1/s1. The van der Waals surface area contributed by atoms with Gasteiger partial charge in [-0.25, -0.2) is 5.32 Å². The van der Waals surface area contributed by atoms with E-state index in [1.807, 2.05) is 17.0 Å². The highest BCUT2D eigenvalue weighted by molar-refractivity contribution is 6.03. The number of anilines is 1. The number of aliphatic hydroxyl groups excluding tert-OH is 1. The smallest absolute Gasteiger partial charge is 0.370 e. The average molecular weight is 565 g/mol. The minimum Gasteiger partial charge on any atom is -0.373 e. The van der Waals surface area contributed by atoms with Crippen LogP contribution in [0.25, 0.3) is 0 Å². The Kier molecular flexibility index (Phi) is 11.1. The van der Waals surface area contributed by atoms with Crippen LogP contribution in [-0.4, -0.2) is 35.9 Å². The molecule has 8 nitrogen and oxygen atoms in total. The van der Waals surface area contributed by atoms with Crippen molar-refractivity contribution in [2.45, 2.75) is 96.9 Å². The number of nitrogens with one attached hydrogen (secondary N) is 2. The van der Waals surface area contributed by atoms with Gasteiger partial charge in [-0.15, -0.1) is 0 Å². The molecule has 2 aliphatic rings. The maximum Gasteiger partial charge on any atom is 0.370 e. The van der Waals surface area contributed by atoms with Crippen molar-refractivity contribution in [1.82, 2.24) is 5.32 Å². The van der Waals surface area contributed by atoms with Crippen molar-refractivity contribution in [3.05, 3.63) is 65.2 Å². The number of hydrazine groups is 1. The zero-order valence-electron chi connectivity index (χ0n) is 25.0. The maximum atomic E-state index is 12.4. The molecule has 2 aromatic rings. The fourth-order valence-electron chi connectivity index (χ4n) is 6.54. The van der Waals surface area contributed by atoms with E-state index >= 15 is 0 Å². The molecule has 4 atom stereocenters. The summed E-state index contributed by atoms with van der Waals surface area (Å²) in [6.07, 6.45) is 9.24. The van der Waals surface area contributed by atoms with E-state index in [1.54, 1.807) is 12.1 Å². The first kappa shape index (κ1) is 30.8. The van der Waals surface area contributed by atoms with Gasteiger partial charge in [0, 0.05) is 12.2 Å². The lowest BCUT2D eigenvalue weighted by molar-refractivity contribution is -0.472. The maximum absolute atomic E-state index is 12.4. The first-order valence-corrected chi connectivity index (χ1v) is 15.4. The van der Waals surface area contributed by atoms with E-state index in [1.165, 1.54) is 50.5 Å². The van der Waals surface area contributed by atoms with Crippen molar-refractivity contribution in [3.8, 4) is 0 Å². The zero-order chi connectivity index (χ0) is 29.4. The molecule has 1 unspecified atom stereocenters. The fourth-order valence-corrected chi connectivity index (χ4v) is 6.54. The van der Waals surface area contributed by atoms with E-state index in [4.69, 9.17) is 16.3 Å². The van der Waals surface area contributed by atoms with Crippen molar-refractivity contribution >= 4 is 17.6 Å². The summed E-state index contributed by atoms with van der Waals surface area (Å²) in [5, 5.41) is 16.3. The van der Waals surface area contributed by atoms with Crippen LogP contribution in [0.4, 0.5) is 5.69 Å². The van der Waals surface area contributed by atoms with Gasteiger partial charge in [-0.3, -0.25) is 16.4 Å². The number of hydrazone groups is 1. The number of carbonyl (C=O) groups is 1. The summed E-state index contributed by atoms with van der Waals surface area (Å²) in [5.41, 5.74) is 9.35. The summed E-state index contributed by atoms with van der Waals surface area (Å²) in [5.74, 6) is 7.21. The van der Waals surface area contributed by atoms with E-state index in [2.05, 4.69) is 55.5 Å². The van der Waals surface area contributed by atoms with Crippen molar-refractivity contribution in [2.24, 2.45) is 29.3 Å². The number of hydrogen-bond donors (Lipinski definition) is 5. The van der Waals surface area contributed by atoms with Gasteiger partial charge >= 0.3 is 11.9 Å². The Hall–Kier alpha value is -3.10. The number of benzene rings is 2. The molecule has 0 spiro atoms. The molecular formula is C33H50N5O3+. The molecule has 0 bridgehead atoms. The van der Waals surface area contributed by atoms with Gasteiger partial charge in [-0.2, -0.15) is 5.10 Å². The lowest BCUT2D eigenvalue weighted by Crippen LogP contribution is -2.85. The highest BCUT2D eigenvalue weighted by atomic mass is 16.5. The highest BCUT2D eigenvalue weighted by Crippen LogP contribution is 2.36. The third-order valence-electron chi connectivity index (χ3n) is 9.05. The summed E-state index contributed by atoms with van der Waals surface area (Å²) in [6, 6.07) is 16.0. The number of hydrogen-bond acceptors (Lipinski definition) is 5. The minimum atomic E-state index is -0.812. The number of amides is 1. The van der Waals surface area contributed by atoms with Gasteiger partial charge in [0.1, 0.15) is 0 Å². The Morgan fingerprint density at radius 3 is 2.37 bits per heavy atom. The SMILES string of the molecule is CC(C)[C@@H]1CC[C@@H](C)C[C@H]1OCC(O)N(Cc1ccc(C(=O)N/C(N)=[NH+]/N)cc1)c1ccc(C2CCCCC2)cc1. The van der Waals surface area contributed by atoms with Crippen LogP contribution < -0.4 is 26.9 Å². The molecular weight excluding hydrogens is 514 g/mol. The van der Waals surface area contributed by atoms with Crippen LogP contribution in [-0.2, 0) is 11.3 Å². The van der Waals surface area contributed by atoms with E-state index in [0.717, 1.165) is 17.7 Å². The second-order valence-corrected chi connectivity index (χ2v) is 12.4. The molecule has 41 heavy (non-hydrogen) atoms. The lowest BCUT2D eigenvalue weighted by atomic mass is 9.75. The van der Waals surface area contributed by atoms with Crippen LogP contribution >= 0.6 is 0 Å². The van der Waals surface area contributed by atoms with Gasteiger partial charge in [0.05, 0.1) is 18.3 Å². The fraction of sp³-hybridized carbons (Fsp3) is 0.576. The summed E-state index contributed by atoms with van der Waals surface area (Å²) in [4.78, 5) is 14.4. The Balaban J connectivity index is 1.50. The van der Waals surface area contributed by atoms with Crippen LogP contribution in [0.5, 0.6) is 0 Å². The molecule has 2 saturated carbocycles. The van der Waals surface area contributed by atoms with Crippen LogP contribution in [0.3, 0.4) is 0 Å². The molecule has 0 heterocycles. The van der Waals surface area contributed by atoms with Gasteiger partial charge in [0.25, 0.3) is 0 Å². The first-order valence-electron chi connectivity index (χ1n) is 15.4. The molecule has 1 amide bonds. The van der Waals surface area contributed by atoms with Crippen molar-refractivity contribution in [2.75, 3.05) is 11.5 Å². The molecule has 7 N–H and O–H groups in total. The number of guanidine groups is 1. The molecule has 0 radical (unpaired) electrons. The topological polar surface area (TPSA) is 128 Å². The van der Waals surface area contributed by atoms with Crippen LogP contribution in [0, 0.1) is 17.8 Å². The van der Waals surface area contributed by atoms with Crippen molar-refractivity contribution in [1.29, 1.82) is 0 Å². The van der Waals surface area contributed by atoms with Gasteiger partial charge in [-0.1, -0.05) is 70.7 Å². The molecule has 0 aromatic heterocycles. The van der Waals surface area contributed by atoms with Crippen LogP contribution in [0.15, 0.2) is 48.5 Å². The second kappa shape index (κ2) is 14.7.